The summed E-state index contributed by atoms with van der Waals surface area (Å²) in [5.74, 6) is 4.64. The molecule has 2 N–H and O–H groups in total. The maximum atomic E-state index is 4.64. The first-order valence-corrected chi connectivity index (χ1v) is 1.79. The van der Waals surface area contributed by atoms with Crippen molar-refractivity contribution >= 4 is 0 Å². The summed E-state index contributed by atoms with van der Waals surface area (Å²) in [6.45, 7) is 3.40. The Kier molecular flexibility index (Phi) is 4.10. The van der Waals surface area contributed by atoms with Gasteiger partial charge in [0.1, 0.15) is 0 Å². The largest absolute Gasteiger partial charge is 0.305 e. The fourth-order valence-corrected chi connectivity index (χ4v) is 0.138. The SMILES string of the molecule is C=C/C=C\N=N/N. The highest BCUT2D eigenvalue weighted by atomic mass is 15.3. The van der Waals surface area contributed by atoms with Crippen molar-refractivity contribution in [3.63, 3.8) is 0 Å². The Morgan fingerprint density at radius 2 is 2.29 bits per heavy atom. The molecular weight excluding hydrogens is 90.1 g/mol. The van der Waals surface area contributed by atoms with Crippen molar-refractivity contribution in [3.8, 4) is 0 Å². The van der Waals surface area contributed by atoms with E-state index in [9.17, 15) is 0 Å². The molecule has 0 aromatic heterocycles. The Hall–Kier alpha value is -1.12. The maximum absolute atomic E-state index is 4.64. The lowest BCUT2D eigenvalue weighted by Crippen LogP contribution is -1.70. The van der Waals surface area contributed by atoms with Gasteiger partial charge in [-0.25, -0.2) is 0 Å². The van der Waals surface area contributed by atoms with E-state index in [0.29, 0.717) is 0 Å². The van der Waals surface area contributed by atoms with Crippen molar-refractivity contribution in [1.82, 2.24) is 0 Å². The van der Waals surface area contributed by atoms with Gasteiger partial charge < -0.3 is 5.84 Å². The van der Waals surface area contributed by atoms with Crippen molar-refractivity contribution < 1.29 is 0 Å². The summed E-state index contributed by atoms with van der Waals surface area (Å²) in [7, 11) is 0. The van der Waals surface area contributed by atoms with E-state index in [4.69, 9.17) is 0 Å². The molecule has 3 nitrogen and oxygen atoms in total. The summed E-state index contributed by atoms with van der Waals surface area (Å²) >= 11 is 0. The topological polar surface area (TPSA) is 50.7 Å². The number of nitrogens with zero attached hydrogens (tertiary/aromatic N) is 2. The molecule has 0 fully saturated rings. The van der Waals surface area contributed by atoms with Gasteiger partial charge in [0.15, 0.2) is 0 Å². The lowest BCUT2D eigenvalue weighted by Gasteiger charge is -1.65. The lowest BCUT2D eigenvalue weighted by molar-refractivity contribution is 1.06. The standard InChI is InChI=1S/C4H7N3/c1-2-3-4-6-7-5/h2-4H,1H2,(H2,5,6)/b4-3-. The molecule has 0 spiro atoms. The second-order valence-corrected chi connectivity index (χ2v) is 0.808. The average molecular weight is 97.1 g/mol. The molecule has 0 saturated heterocycles. The van der Waals surface area contributed by atoms with E-state index in [0.717, 1.165) is 0 Å². The number of rotatable bonds is 2. The van der Waals surface area contributed by atoms with Gasteiger partial charge in [-0.3, -0.25) is 0 Å². The van der Waals surface area contributed by atoms with Crippen LogP contribution in [-0.4, -0.2) is 0 Å². The summed E-state index contributed by atoms with van der Waals surface area (Å²) in [5.41, 5.74) is 0. The van der Waals surface area contributed by atoms with E-state index in [1.165, 1.54) is 6.20 Å². The van der Waals surface area contributed by atoms with Crippen LogP contribution in [0.1, 0.15) is 0 Å². The molecule has 0 bridgehead atoms. The third-order valence-corrected chi connectivity index (χ3v) is 0.355. The zero-order valence-corrected chi connectivity index (χ0v) is 3.91. The van der Waals surface area contributed by atoms with Gasteiger partial charge in [-0.05, 0) is 6.08 Å². The summed E-state index contributed by atoms with van der Waals surface area (Å²) < 4.78 is 0. The lowest BCUT2D eigenvalue weighted by atomic mass is 10.6. The summed E-state index contributed by atoms with van der Waals surface area (Å²) in [4.78, 5) is 0. The molecule has 0 radical (unpaired) electrons. The van der Waals surface area contributed by atoms with Gasteiger partial charge in [0, 0.05) is 0 Å². The Bertz CT molecular complexity index is 93.1. The van der Waals surface area contributed by atoms with Crippen LogP contribution in [0.3, 0.4) is 0 Å². The molecule has 0 saturated carbocycles. The fraction of sp³-hybridized carbons (Fsp3) is 0. The number of allylic oxidation sites excluding steroid dienone is 2. The van der Waals surface area contributed by atoms with Crippen molar-refractivity contribution in [2.75, 3.05) is 0 Å². The molecule has 0 amide bonds. The Balaban J connectivity index is 3.27. The van der Waals surface area contributed by atoms with Crippen LogP contribution < -0.4 is 5.84 Å². The van der Waals surface area contributed by atoms with Crippen molar-refractivity contribution in [3.05, 3.63) is 24.9 Å². The van der Waals surface area contributed by atoms with E-state index < -0.39 is 0 Å². The van der Waals surface area contributed by atoms with Crippen LogP contribution in [-0.2, 0) is 0 Å². The van der Waals surface area contributed by atoms with E-state index in [1.807, 2.05) is 0 Å². The monoisotopic (exact) mass is 97.1 g/mol. The van der Waals surface area contributed by atoms with Crippen LogP contribution in [0.2, 0.25) is 0 Å². The van der Waals surface area contributed by atoms with Crippen LogP contribution in [0.4, 0.5) is 0 Å². The van der Waals surface area contributed by atoms with Crippen LogP contribution in [0.25, 0.3) is 0 Å². The van der Waals surface area contributed by atoms with Crippen molar-refractivity contribution in [1.29, 1.82) is 0 Å². The summed E-state index contributed by atoms with van der Waals surface area (Å²) in [5, 5.41) is 6.28. The number of nitrogens with two attached hydrogens (primary N) is 1. The first-order valence-electron chi connectivity index (χ1n) is 1.79. The first-order chi connectivity index (χ1) is 3.41. The highest BCUT2D eigenvalue weighted by Gasteiger charge is 1.53. The van der Waals surface area contributed by atoms with E-state index in [2.05, 4.69) is 22.8 Å². The Morgan fingerprint density at radius 3 is 2.71 bits per heavy atom. The molecule has 0 aromatic carbocycles. The predicted molar refractivity (Wildman–Crippen MR) is 28.4 cm³/mol. The molecule has 0 atom stereocenters. The average Bonchev–Trinajstić information content (AvgIpc) is 1.69. The molecule has 7 heavy (non-hydrogen) atoms. The quantitative estimate of drug-likeness (QED) is 0.238. The zero-order valence-electron chi connectivity index (χ0n) is 3.91. The second-order valence-electron chi connectivity index (χ2n) is 0.808. The highest BCUT2D eigenvalue weighted by molar-refractivity contribution is 4.94. The first kappa shape index (κ1) is 5.88. The minimum absolute atomic E-state index is 1.45. The minimum atomic E-state index is 1.45. The van der Waals surface area contributed by atoms with E-state index >= 15 is 0 Å². The molecule has 0 aliphatic rings. The van der Waals surface area contributed by atoms with Gasteiger partial charge in [-0.15, -0.1) is 5.11 Å². The zero-order chi connectivity index (χ0) is 5.54. The Labute approximate surface area is 42.2 Å². The molecule has 0 heterocycles. The molecule has 0 rings (SSSR count). The fourth-order valence-electron chi connectivity index (χ4n) is 0.138. The normalized spacial score (nSPS) is 10.9. The molecule has 0 aliphatic heterocycles. The van der Waals surface area contributed by atoms with Crippen LogP contribution in [0, 0.1) is 0 Å². The van der Waals surface area contributed by atoms with Gasteiger partial charge in [0.2, 0.25) is 0 Å². The molecule has 0 unspecified atom stereocenters. The van der Waals surface area contributed by atoms with E-state index in [-0.39, 0.29) is 0 Å². The van der Waals surface area contributed by atoms with Gasteiger partial charge in [-0.1, -0.05) is 17.9 Å². The molecule has 38 valence electrons. The van der Waals surface area contributed by atoms with Crippen molar-refractivity contribution in [2.24, 2.45) is 16.2 Å². The number of hydrogen-bond donors (Lipinski definition) is 1. The van der Waals surface area contributed by atoms with Gasteiger partial charge >= 0.3 is 0 Å². The van der Waals surface area contributed by atoms with Crippen LogP contribution >= 0.6 is 0 Å². The second kappa shape index (κ2) is 4.88. The van der Waals surface area contributed by atoms with Crippen LogP contribution in [0.15, 0.2) is 35.3 Å². The third-order valence-electron chi connectivity index (χ3n) is 0.355. The van der Waals surface area contributed by atoms with Gasteiger partial charge in [0.25, 0.3) is 0 Å². The van der Waals surface area contributed by atoms with E-state index in [1.54, 1.807) is 12.2 Å². The highest BCUT2D eigenvalue weighted by Crippen LogP contribution is 1.72. The Morgan fingerprint density at radius 1 is 1.57 bits per heavy atom. The third kappa shape index (κ3) is 4.88. The molecule has 0 aliphatic carbocycles. The van der Waals surface area contributed by atoms with Crippen LogP contribution in [0.5, 0.6) is 0 Å². The minimum Gasteiger partial charge on any atom is -0.305 e. The smallest absolute Gasteiger partial charge is 0.0512 e. The predicted octanol–water partition coefficient (Wildman–Crippen LogP) is 1.01. The molecule has 3 heteroatoms. The molecular formula is C4H7N3. The van der Waals surface area contributed by atoms with Gasteiger partial charge in [0.05, 0.1) is 6.20 Å². The summed E-state index contributed by atoms with van der Waals surface area (Å²) in [6, 6.07) is 0. The molecule has 0 aromatic rings. The summed E-state index contributed by atoms with van der Waals surface area (Å²) in [6.07, 6.45) is 4.68. The maximum Gasteiger partial charge on any atom is 0.0512 e. The number of hydrogen-bond acceptors (Lipinski definition) is 2. The van der Waals surface area contributed by atoms with Gasteiger partial charge in [-0.2, -0.15) is 0 Å². The van der Waals surface area contributed by atoms with Crippen molar-refractivity contribution in [2.45, 2.75) is 0 Å².